The van der Waals surface area contributed by atoms with Crippen LogP contribution in [0.2, 0.25) is 0 Å². The normalized spacial score (nSPS) is 14.0. The summed E-state index contributed by atoms with van der Waals surface area (Å²) in [5.74, 6) is 0.456. The molecule has 0 radical (unpaired) electrons. The summed E-state index contributed by atoms with van der Waals surface area (Å²) in [5.41, 5.74) is 1.79. The summed E-state index contributed by atoms with van der Waals surface area (Å²) in [6, 6.07) is 7.98. The lowest BCUT2D eigenvalue weighted by molar-refractivity contribution is -0.118. The molecule has 20 heavy (non-hydrogen) atoms. The van der Waals surface area contributed by atoms with Gasteiger partial charge in [-0.15, -0.1) is 10.2 Å². The number of hydrogen-bond acceptors (Lipinski definition) is 5. The molecule has 1 aliphatic rings. The molecule has 0 spiro atoms. The van der Waals surface area contributed by atoms with Crippen LogP contribution in [-0.4, -0.2) is 32.9 Å². The van der Waals surface area contributed by atoms with Crippen molar-refractivity contribution >= 4 is 17.7 Å². The number of hydrogen-bond donors (Lipinski definition) is 1. The number of nitrogens with one attached hydrogen (secondary N) is 1. The van der Waals surface area contributed by atoms with Crippen LogP contribution < -0.4 is 5.32 Å². The van der Waals surface area contributed by atoms with Gasteiger partial charge >= 0.3 is 0 Å². The van der Waals surface area contributed by atoms with E-state index < -0.39 is 0 Å². The highest BCUT2D eigenvalue weighted by Crippen LogP contribution is 2.21. The highest BCUT2D eigenvalue weighted by Gasteiger charge is 2.23. The maximum Gasteiger partial charge on any atom is 0.230 e. The zero-order valence-electron chi connectivity index (χ0n) is 10.8. The van der Waals surface area contributed by atoms with Crippen molar-refractivity contribution in [3.05, 3.63) is 36.7 Å². The Kier molecular flexibility index (Phi) is 3.92. The summed E-state index contributed by atoms with van der Waals surface area (Å²) in [4.78, 5) is 15.5. The Hall–Kier alpha value is -1.95. The average Bonchev–Trinajstić information content (AvgIpc) is 3.31. The van der Waals surface area contributed by atoms with E-state index in [1.807, 2.05) is 24.3 Å². The highest BCUT2D eigenvalue weighted by atomic mass is 32.2. The summed E-state index contributed by atoms with van der Waals surface area (Å²) in [6.07, 6.45) is 5.66. The van der Waals surface area contributed by atoms with Crippen molar-refractivity contribution in [3.8, 4) is 11.3 Å². The molecule has 102 valence electrons. The summed E-state index contributed by atoms with van der Waals surface area (Å²) < 4.78 is 0. The van der Waals surface area contributed by atoms with Crippen molar-refractivity contribution in [3.63, 3.8) is 0 Å². The maximum absolute atomic E-state index is 11.6. The van der Waals surface area contributed by atoms with E-state index in [4.69, 9.17) is 0 Å². The Morgan fingerprint density at radius 3 is 2.65 bits per heavy atom. The predicted molar refractivity (Wildman–Crippen MR) is 77.2 cm³/mol. The van der Waals surface area contributed by atoms with E-state index in [2.05, 4.69) is 20.5 Å². The molecule has 0 atom stereocenters. The minimum absolute atomic E-state index is 0.0671. The first-order valence-electron chi connectivity index (χ1n) is 6.47. The fourth-order valence-corrected chi connectivity index (χ4v) is 2.34. The van der Waals surface area contributed by atoms with Gasteiger partial charge in [0.2, 0.25) is 5.91 Å². The molecule has 1 aliphatic carbocycles. The van der Waals surface area contributed by atoms with Gasteiger partial charge in [-0.1, -0.05) is 11.8 Å². The number of carbonyl (C=O) groups is 1. The molecule has 6 heteroatoms. The largest absolute Gasteiger partial charge is 0.353 e. The topological polar surface area (TPSA) is 67.8 Å². The molecule has 0 saturated heterocycles. The Labute approximate surface area is 121 Å². The Balaban J connectivity index is 1.57. The number of nitrogens with zero attached hydrogens (tertiary/aromatic N) is 3. The summed E-state index contributed by atoms with van der Waals surface area (Å²) in [7, 11) is 0. The molecule has 0 bridgehead atoms. The minimum atomic E-state index is 0.0671. The lowest BCUT2D eigenvalue weighted by Gasteiger charge is -2.03. The third kappa shape index (κ3) is 3.54. The number of thioether (sulfide) groups is 1. The first kappa shape index (κ1) is 13.1. The van der Waals surface area contributed by atoms with Crippen LogP contribution in [0.4, 0.5) is 0 Å². The first-order chi connectivity index (χ1) is 9.81. The summed E-state index contributed by atoms with van der Waals surface area (Å²) >= 11 is 1.40. The van der Waals surface area contributed by atoms with Gasteiger partial charge in [0.15, 0.2) is 0 Å². The lowest BCUT2D eigenvalue weighted by atomic mass is 10.2. The van der Waals surface area contributed by atoms with Gasteiger partial charge in [-0.25, -0.2) is 0 Å². The monoisotopic (exact) mass is 286 g/mol. The van der Waals surface area contributed by atoms with Gasteiger partial charge < -0.3 is 5.32 Å². The third-order valence-corrected chi connectivity index (χ3v) is 3.83. The Bertz CT molecular complexity index is 584. The zero-order chi connectivity index (χ0) is 13.8. The van der Waals surface area contributed by atoms with E-state index >= 15 is 0 Å². The molecule has 2 aromatic rings. The summed E-state index contributed by atoms with van der Waals surface area (Å²) in [5, 5.41) is 12.0. The van der Waals surface area contributed by atoms with Crippen LogP contribution >= 0.6 is 11.8 Å². The highest BCUT2D eigenvalue weighted by molar-refractivity contribution is 7.99. The van der Waals surface area contributed by atoms with Gasteiger partial charge in [-0.2, -0.15) is 0 Å². The Morgan fingerprint density at radius 1 is 1.20 bits per heavy atom. The van der Waals surface area contributed by atoms with Crippen molar-refractivity contribution in [2.24, 2.45) is 0 Å². The molecule has 1 N–H and O–H groups in total. The second-order valence-corrected chi connectivity index (χ2v) is 5.62. The molecule has 1 fully saturated rings. The van der Waals surface area contributed by atoms with Crippen molar-refractivity contribution < 1.29 is 4.79 Å². The van der Waals surface area contributed by atoms with Crippen LogP contribution in [0.5, 0.6) is 0 Å². The van der Waals surface area contributed by atoms with Crippen molar-refractivity contribution in [2.45, 2.75) is 23.9 Å². The van der Waals surface area contributed by atoms with Gasteiger partial charge in [0.1, 0.15) is 5.03 Å². The van der Waals surface area contributed by atoms with Crippen LogP contribution in [0.15, 0.2) is 41.7 Å². The van der Waals surface area contributed by atoms with Crippen LogP contribution in [0.1, 0.15) is 12.8 Å². The Morgan fingerprint density at radius 2 is 2.00 bits per heavy atom. The number of aromatic nitrogens is 3. The summed E-state index contributed by atoms with van der Waals surface area (Å²) in [6.45, 7) is 0. The van der Waals surface area contributed by atoms with Gasteiger partial charge in [-0.3, -0.25) is 9.78 Å². The SMILES string of the molecule is O=C(CSc1ccc(-c2ccncc2)nn1)NC1CC1. The molecule has 0 aromatic carbocycles. The smallest absolute Gasteiger partial charge is 0.230 e. The molecular weight excluding hydrogens is 272 g/mol. The van der Waals surface area contributed by atoms with E-state index in [-0.39, 0.29) is 5.91 Å². The second-order valence-electron chi connectivity index (χ2n) is 4.62. The average molecular weight is 286 g/mol. The first-order valence-corrected chi connectivity index (χ1v) is 7.46. The van der Waals surface area contributed by atoms with Gasteiger partial charge in [-0.05, 0) is 37.1 Å². The molecule has 5 nitrogen and oxygen atoms in total. The fourth-order valence-electron chi connectivity index (χ4n) is 1.71. The van der Waals surface area contributed by atoms with Crippen molar-refractivity contribution in [1.82, 2.24) is 20.5 Å². The van der Waals surface area contributed by atoms with Crippen molar-refractivity contribution in [2.75, 3.05) is 5.75 Å². The molecule has 2 heterocycles. The van der Waals surface area contributed by atoms with E-state index in [1.54, 1.807) is 12.4 Å². The molecule has 1 saturated carbocycles. The van der Waals surface area contributed by atoms with Crippen LogP contribution in [0.25, 0.3) is 11.3 Å². The zero-order valence-corrected chi connectivity index (χ0v) is 11.6. The molecule has 0 unspecified atom stereocenters. The predicted octanol–water partition coefficient (Wildman–Crippen LogP) is 1.91. The molecule has 0 aliphatic heterocycles. The van der Waals surface area contributed by atoms with Gasteiger partial charge in [0.05, 0.1) is 11.4 Å². The quantitative estimate of drug-likeness (QED) is 0.850. The van der Waals surface area contributed by atoms with E-state index in [0.29, 0.717) is 11.8 Å². The van der Waals surface area contributed by atoms with Crippen LogP contribution in [-0.2, 0) is 4.79 Å². The molecule has 2 aromatic heterocycles. The van der Waals surface area contributed by atoms with Gasteiger partial charge in [0.25, 0.3) is 0 Å². The molecule has 3 rings (SSSR count). The minimum Gasteiger partial charge on any atom is -0.353 e. The standard InChI is InChI=1S/C14H14N4OS/c19-13(16-11-1-2-11)9-20-14-4-3-12(17-18-14)10-5-7-15-8-6-10/h3-8,11H,1-2,9H2,(H,16,19). The number of rotatable bonds is 5. The maximum atomic E-state index is 11.6. The van der Waals surface area contributed by atoms with E-state index in [0.717, 1.165) is 29.1 Å². The van der Waals surface area contributed by atoms with Crippen LogP contribution in [0, 0.1) is 0 Å². The number of pyridine rings is 1. The van der Waals surface area contributed by atoms with Crippen LogP contribution in [0.3, 0.4) is 0 Å². The lowest BCUT2D eigenvalue weighted by Crippen LogP contribution is -2.27. The van der Waals surface area contributed by atoms with Gasteiger partial charge in [0, 0.05) is 24.0 Å². The molecule has 1 amide bonds. The second kappa shape index (κ2) is 6.00. The van der Waals surface area contributed by atoms with Crippen molar-refractivity contribution in [1.29, 1.82) is 0 Å². The van der Waals surface area contributed by atoms with E-state index in [1.165, 1.54) is 11.8 Å². The number of amides is 1. The third-order valence-electron chi connectivity index (χ3n) is 2.91. The van der Waals surface area contributed by atoms with E-state index in [9.17, 15) is 4.79 Å². The fraction of sp³-hybridized carbons (Fsp3) is 0.286. The number of carbonyl (C=O) groups excluding carboxylic acids is 1. The molecular formula is C14H14N4OS.